The van der Waals surface area contributed by atoms with Crippen molar-refractivity contribution in [3.8, 4) is 12.3 Å². The molecule has 0 saturated carbocycles. The number of benzene rings is 1. The van der Waals surface area contributed by atoms with Crippen molar-refractivity contribution in [3.05, 3.63) is 63.5 Å². The zero-order chi connectivity index (χ0) is 21.1. The lowest BCUT2D eigenvalue weighted by Gasteiger charge is -2.38. The summed E-state index contributed by atoms with van der Waals surface area (Å²) in [4.78, 5) is 31.4. The molecule has 1 aliphatic heterocycles. The molecule has 154 valence electrons. The van der Waals surface area contributed by atoms with E-state index in [1.807, 2.05) is 30.3 Å². The molecule has 3 aromatic rings. The summed E-state index contributed by atoms with van der Waals surface area (Å²) in [6.45, 7) is 1.12. The summed E-state index contributed by atoms with van der Waals surface area (Å²) in [5.74, 6) is 2.63. The number of amides is 1. The molecule has 30 heavy (non-hydrogen) atoms. The first-order chi connectivity index (χ1) is 14.5. The summed E-state index contributed by atoms with van der Waals surface area (Å²) in [6, 6.07) is 9.94. The average molecular weight is 422 g/mol. The molecule has 0 aliphatic carbocycles. The minimum absolute atomic E-state index is 0.0987. The van der Waals surface area contributed by atoms with E-state index in [0.717, 1.165) is 5.56 Å². The maximum atomic E-state index is 12.8. The van der Waals surface area contributed by atoms with E-state index in [0.29, 0.717) is 54.6 Å². The lowest BCUT2D eigenvalue weighted by atomic mass is 9.91. The molecule has 1 fully saturated rings. The molecule has 4 rings (SSSR count). The van der Waals surface area contributed by atoms with Gasteiger partial charge in [-0.1, -0.05) is 36.3 Å². The molecule has 3 heterocycles. The summed E-state index contributed by atoms with van der Waals surface area (Å²) in [6.07, 6.45) is 8.92. The maximum Gasteiger partial charge on any atom is 0.271 e. The van der Waals surface area contributed by atoms with E-state index in [4.69, 9.17) is 6.42 Å². The summed E-state index contributed by atoms with van der Waals surface area (Å²) in [5, 5.41) is 12.8. The SMILES string of the molecule is C#Cc1csc2c(=O)n(CC3(O)CCN(C(=O)CCc4ccccc4)CC3)cnc12. The first kappa shape index (κ1) is 20.3. The quantitative estimate of drug-likeness (QED) is 0.642. The molecule has 6 nitrogen and oxygen atoms in total. The maximum absolute atomic E-state index is 12.8. The number of terminal acetylenes is 1. The monoisotopic (exact) mass is 421 g/mol. The van der Waals surface area contributed by atoms with Gasteiger partial charge in [0.05, 0.1) is 24.0 Å². The Morgan fingerprint density at radius 2 is 2.00 bits per heavy atom. The van der Waals surface area contributed by atoms with Gasteiger partial charge in [0.15, 0.2) is 0 Å². The van der Waals surface area contributed by atoms with Crippen LogP contribution >= 0.6 is 11.3 Å². The molecule has 2 aromatic heterocycles. The number of carbonyl (C=O) groups is 1. The van der Waals surface area contributed by atoms with Crippen molar-refractivity contribution in [1.29, 1.82) is 0 Å². The molecule has 7 heteroatoms. The number of hydrogen-bond donors (Lipinski definition) is 1. The van der Waals surface area contributed by atoms with Gasteiger partial charge in [0.25, 0.3) is 5.56 Å². The van der Waals surface area contributed by atoms with Gasteiger partial charge in [-0.05, 0) is 24.8 Å². The number of rotatable bonds is 5. The molecule has 0 unspecified atom stereocenters. The van der Waals surface area contributed by atoms with E-state index in [2.05, 4.69) is 10.9 Å². The Balaban J connectivity index is 1.38. The Kier molecular flexibility index (Phi) is 5.71. The Morgan fingerprint density at radius 1 is 1.27 bits per heavy atom. The second-order valence-electron chi connectivity index (χ2n) is 7.74. The van der Waals surface area contributed by atoms with Crippen LogP contribution in [0.1, 0.15) is 30.4 Å². The third kappa shape index (κ3) is 4.16. The highest BCUT2D eigenvalue weighted by molar-refractivity contribution is 7.17. The van der Waals surface area contributed by atoms with Crippen LogP contribution in [-0.4, -0.2) is 44.2 Å². The summed E-state index contributed by atoms with van der Waals surface area (Å²) in [5.41, 5.74) is 1.06. The topological polar surface area (TPSA) is 75.4 Å². The van der Waals surface area contributed by atoms with Crippen LogP contribution in [0.15, 0.2) is 46.8 Å². The van der Waals surface area contributed by atoms with Crippen molar-refractivity contribution in [2.24, 2.45) is 0 Å². The minimum Gasteiger partial charge on any atom is -0.388 e. The molecule has 0 atom stereocenters. The van der Waals surface area contributed by atoms with E-state index < -0.39 is 5.60 Å². The Labute approximate surface area is 178 Å². The van der Waals surface area contributed by atoms with E-state index in [-0.39, 0.29) is 18.0 Å². The Bertz CT molecular complexity index is 1150. The normalized spacial score (nSPS) is 15.8. The van der Waals surface area contributed by atoms with Crippen molar-refractivity contribution in [2.75, 3.05) is 13.1 Å². The van der Waals surface area contributed by atoms with Gasteiger partial charge >= 0.3 is 0 Å². The van der Waals surface area contributed by atoms with Gasteiger partial charge in [0.2, 0.25) is 5.91 Å². The van der Waals surface area contributed by atoms with Crippen LogP contribution in [0.4, 0.5) is 0 Å². The van der Waals surface area contributed by atoms with Crippen molar-refractivity contribution in [2.45, 2.75) is 37.8 Å². The lowest BCUT2D eigenvalue weighted by Crippen LogP contribution is -2.49. The molecule has 0 spiro atoms. The van der Waals surface area contributed by atoms with E-state index in [9.17, 15) is 14.7 Å². The molecule has 1 saturated heterocycles. The third-order valence-electron chi connectivity index (χ3n) is 5.68. The molecule has 1 amide bonds. The number of piperidine rings is 1. The minimum atomic E-state index is -1.04. The lowest BCUT2D eigenvalue weighted by molar-refractivity contribution is -0.135. The zero-order valence-corrected chi connectivity index (χ0v) is 17.4. The van der Waals surface area contributed by atoms with Gasteiger partial charge in [-0.25, -0.2) is 4.98 Å². The number of thiophene rings is 1. The van der Waals surface area contributed by atoms with Crippen molar-refractivity contribution in [1.82, 2.24) is 14.5 Å². The number of fused-ring (bicyclic) bond motifs is 1. The number of aromatic nitrogens is 2. The fraction of sp³-hybridized carbons (Fsp3) is 0.348. The molecule has 1 N–H and O–H groups in total. The van der Waals surface area contributed by atoms with Crippen LogP contribution in [0.5, 0.6) is 0 Å². The molecule has 1 aliphatic rings. The highest BCUT2D eigenvalue weighted by Gasteiger charge is 2.34. The predicted octanol–water partition coefficient (Wildman–Crippen LogP) is 2.43. The predicted molar refractivity (Wildman–Crippen MR) is 117 cm³/mol. The number of aryl methyl sites for hydroxylation is 1. The third-order valence-corrected chi connectivity index (χ3v) is 6.64. The molecular weight excluding hydrogens is 398 g/mol. The average Bonchev–Trinajstić information content (AvgIpc) is 3.19. The zero-order valence-electron chi connectivity index (χ0n) is 16.6. The van der Waals surface area contributed by atoms with Crippen LogP contribution < -0.4 is 5.56 Å². The first-order valence-electron chi connectivity index (χ1n) is 9.96. The Morgan fingerprint density at radius 3 is 2.70 bits per heavy atom. The van der Waals surface area contributed by atoms with E-state index >= 15 is 0 Å². The van der Waals surface area contributed by atoms with Crippen molar-refractivity contribution < 1.29 is 9.90 Å². The van der Waals surface area contributed by atoms with Crippen LogP contribution in [-0.2, 0) is 17.8 Å². The second kappa shape index (κ2) is 8.42. The molecule has 0 radical (unpaired) electrons. The standard InChI is InChI=1S/C23H23N3O3S/c1-2-18-14-30-21-20(18)24-16-26(22(21)28)15-23(29)10-12-25(13-11-23)19(27)9-8-17-6-4-3-5-7-17/h1,3-7,14,16,29H,8-13,15H2. The van der Waals surface area contributed by atoms with Gasteiger partial charge in [-0.15, -0.1) is 17.8 Å². The molecular formula is C23H23N3O3S. The smallest absolute Gasteiger partial charge is 0.271 e. The van der Waals surface area contributed by atoms with Crippen molar-refractivity contribution >= 4 is 27.5 Å². The fourth-order valence-electron chi connectivity index (χ4n) is 3.86. The number of hydrogen-bond acceptors (Lipinski definition) is 5. The van der Waals surface area contributed by atoms with Crippen LogP contribution in [0.2, 0.25) is 0 Å². The highest BCUT2D eigenvalue weighted by Crippen LogP contribution is 2.25. The Hall–Kier alpha value is -2.95. The highest BCUT2D eigenvalue weighted by atomic mass is 32.1. The summed E-state index contributed by atoms with van der Waals surface area (Å²) < 4.78 is 1.95. The van der Waals surface area contributed by atoms with E-state index in [1.165, 1.54) is 22.2 Å². The van der Waals surface area contributed by atoms with Crippen LogP contribution in [0, 0.1) is 12.3 Å². The first-order valence-corrected chi connectivity index (χ1v) is 10.8. The van der Waals surface area contributed by atoms with Gasteiger partial charge in [0.1, 0.15) is 10.2 Å². The van der Waals surface area contributed by atoms with Gasteiger partial charge in [-0.3, -0.25) is 14.2 Å². The van der Waals surface area contributed by atoms with Crippen molar-refractivity contribution in [3.63, 3.8) is 0 Å². The second-order valence-corrected chi connectivity index (χ2v) is 8.62. The fourth-order valence-corrected chi connectivity index (χ4v) is 4.77. The van der Waals surface area contributed by atoms with E-state index in [1.54, 1.807) is 10.3 Å². The van der Waals surface area contributed by atoms with Crippen LogP contribution in [0.25, 0.3) is 10.2 Å². The largest absolute Gasteiger partial charge is 0.388 e. The van der Waals surface area contributed by atoms with Gasteiger partial charge < -0.3 is 10.0 Å². The van der Waals surface area contributed by atoms with Gasteiger partial charge in [-0.2, -0.15) is 0 Å². The van der Waals surface area contributed by atoms with Crippen LogP contribution in [0.3, 0.4) is 0 Å². The number of likely N-dealkylation sites (tertiary alicyclic amines) is 1. The number of carbonyl (C=O) groups excluding carboxylic acids is 1. The summed E-state index contributed by atoms with van der Waals surface area (Å²) in [7, 11) is 0. The molecule has 1 aromatic carbocycles. The molecule has 0 bridgehead atoms. The number of aliphatic hydroxyl groups is 1. The summed E-state index contributed by atoms with van der Waals surface area (Å²) >= 11 is 1.28. The number of nitrogens with zero attached hydrogens (tertiary/aromatic N) is 3. The van der Waals surface area contributed by atoms with Gasteiger partial charge in [0, 0.05) is 24.9 Å².